The number of benzene rings is 2. The van der Waals surface area contributed by atoms with Crippen molar-refractivity contribution in [2.45, 2.75) is 0 Å². The first-order valence-corrected chi connectivity index (χ1v) is 7.14. The van der Waals surface area contributed by atoms with Gasteiger partial charge in [0.1, 0.15) is 36.2 Å². The first-order valence-electron chi connectivity index (χ1n) is 7.14. The van der Waals surface area contributed by atoms with Crippen LogP contribution in [0.4, 0.5) is 0 Å². The van der Waals surface area contributed by atoms with Crippen LogP contribution in [0.3, 0.4) is 0 Å². The third kappa shape index (κ3) is 5.83. The molecule has 0 heterocycles. The lowest BCUT2D eigenvalue weighted by atomic mass is 10.3. The summed E-state index contributed by atoms with van der Waals surface area (Å²) in [6.45, 7) is 8.15. The molecule has 0 amide bonds. The van der Waals surface area contributed by atoms with Gasteiger partial charge in [0.2, 0.25) is 0 Å². The molecule has 0 spiro atoms. The van der Waals surface area contributed by atoms with Crippen LogP contribution in [-0.2, 0) is 0 Å². The molecule has 0 aliphatic carbocycles. The van der Waals surface area contributed by atoms with Crippen LogP contribution in [0.1, 0.15) is 0 Å². The number of ether oxygens (including phenoxy) is 2. The lowest BCUT2D eigenvalue weighted by molar-refractivity contribution is 0.362. The van der Waals surface area contributed by atoms with E-state index in [1.807, 2.05) is 24.3 Å². The van der Waals surface area contributed by atoms with Gasteiger partial charge < -0.3 is 18.8 Å². The van der Waals surface area contributed by atoms with Crippen LogP contribution in [0.5, 0.6) is 23.0 Å². The molecule has 4 nitrogen and oxygen atoms in total. The van der Waals surface area contributed by atoms with E-state index in [1.165, 1.54) is 7.69 Å². The molecular formula is C18H18BO4. The first-order chi connectivity index (χ1) is 11.3. The molecule has 0 fully saturated rings. The summed E-state index contributed by atoms with van der Waals surface area (Å²) >= 11 is 0. The molecule has 5 heteroatoms. The Hall–Kier alpha value is -2.82. The van der Waals surface area contributed by atoms with Crippen LogP contribution in [0.2, 0.25) is 0 Å². The van der Waals surface area contributed by atoms with Crippen molar-refractivity contribution in [3.8, 4) is 23.0 Å². The average molecular weight is 309 g/mol. The molecule has 23 heavy (non-hydrogen) atoms. The molecule has 0 aliphatic rings. The fraction of sp³-hybridized carbons (Fsp3) is 0.111. The molecule has 0 unspecified atom stereocenters. The molecule has 0 atom stereocenters. The topological polar surface area (TPSA) is 36.9 Å². The highest BCUT2D eigenvalue weighted by Gasteiger charge is 2.03. The standard InChI is InChI=1S/C18H18BO4/c1-3-13-20-15-5-9-17(10-6-15)22-19-23-18-11-7-16(8-12-18)21-14-4-2/h3-12H,1-2,13-14H2. The first kappa shape index (κ1) is 16.6. The largest absolute Gasteiger partial charge is 0.658 e. The van der Waals surface area contributed by atoms with Gasteiger partial charge in [-0.25, -0.2) is 0 Å². The summed E-state index contributed by atoms with van der Waals surface area (Å²) in [7, 11) is 1.28. The maximum absolute atomic E-state index is 5.40. The summed E-state index contributed by atoms with van der Waals surface area (Å²) in [5.74, 6) is 2.82. The lowest BCUT2D eigenvalue weighted by Gasteiger charge is -2.08. The van der Waals surface area contributed by atoms with E-state index in [1.54, 1.807) is 36.4 Å². The molecule has 0 bridgehead atoms. The van der Waals surface area contributed by atoms with E-state index in [0.717, 1.165) is 11.5 Å². The van der Waals surface area contributed by atoms with Gasteiger partial charge in [-0.3, -0.25) is 0 Å². The Balaban J connectivity index is 1.75. The van der Waals surface area contributed by atoms with Crippen LogP contribution < -0.4 is 18.8 Å². The van der Waals surface area contributed by atoms with Crippen LogP contribution in [0.25, 0.3) is 0 Å². The zero-order valence-electron chi connectivity index (χ0n) is 12.8. The second-order valence-corrected chi connectivity index (χ2v) is 4.47. The van der Waals surface area contributed by atoms with Gasteiger partial charge in [-0.1, -0.05) is 25.3 Å². The summed E-state index contributed by atoms with van der Waals surface area (Å²) in [4.78, 5) is 0. The fourth-order valence-corrected chi connectivity index (χ4v) is 1.67. The SMILES string of the molecule is C=CCOc1ccc(O[B]Oc2ccc(OCC=C)cc2)cc1. The van der Waals surface area contributed by atoms with Crippen molar-refractivity contribution in [2.24, 2.45) is 0 Å². The predicted octanol–water partition coefficient (Wildman–Crippen LogP) is 3.81. The predicted molar refractivity (Wildman–Crippen MR) is 91.3 cm³/mol. The van der Waals surface area contributed by atoms with Crippen molar-refractivity contribution in [2.75, 3.05) is 13.2 Å². The summed E-state index contributed by atoms with van der Waals surface area (Å²) < 4.78 is 21.6. The highest BCUT2D eigenvalue weighted by molar-refractivity contribution is 6.20. The Kier molecular flexibility index (Phi) is 6.66. The van der Waals surface area contributed by atoms with Gasteiger partial charge in [0, 0.05) is 0 Å². The summed E-state index contributed by atoms with van der Waals surface area (Å²) in [5, 5.41) is 0. The van der Waals surface area contributed by atoms with E-state index in [9.17, 15) is 0 Å². The zero-order valence-corrected chi connectivity index (χ0v) is 12.8. The van der Waals surface area contributed by atoms with E-state index < -0.39 is 0 Å². The number of hydrogen-bond acceptors (Lipinski definition) is 4. The van der Waals surface area contributed by atoms with Crippen LogP contribution in [0, 0.1) is 0 Å². The molecule has 2 aromatic rings. The van der Waals surface area contributed by atoms with E-state index >= 15 is 0 Å². The fourth-order valence-electron chi connectivity index (χ4n) is 1.67. The maximum atomic E-state index is 5.40. The van der Waals surface area contributed by atoms with E-state index in [4.69, 9.17) is 18.8 Å². The Bertz CT molecular complexity index is 552. The Morgan fingerprint density at radius 1 is 0.652 bits per heavy atom. The third-order valence-electron chi connectivity index (χ3n) is 2.75. The van der Waals surface area contributed by atoms with Gasteiger partial charge in [0.25, 0.3) is 0 Å². The highest BCUT2D eigenvalue weighted by atomic mass is 16.6. The normalized spacial score (nSPS) is 9.57. The molecule has 2 aromatic carbocycles. The zero-order chi connectivity index (χ0) is 16.3. The molecule has 0 aliphatic heterocycles. The van der Waals surface area contributed by atoms with Gasteiger partial charge in [0.05, 0.1) is 0 Å². The lowest BCUT2D eigenvalue weighted by Crippen LogP contribution is -2.10. The summed E-state index contributed by atoms with van der Waals surface area (Å²) in [6.07, 6.45) is 3.39. The second kappa shape index (κ2) is 9.25. The van der Waals surface area contributed by atoms with Gasteiger partial charge >= 0.3 is 7.69 Å². The van der Waals surface area contributed by atoms with Crippen LogP contribution in [-0.4, -0.2) is 20.9 Å². The van der Waals surface area contributed by atoms with Gasteiger partial charge in [-0.2, -0.15) is 0 Å². The average Bonchev–Trinajstić information content (AvgIpc) is 2.60. The minimum atomic E-state index is 0.474. The Morgan fingerprint density at radius 3 is 1.35 bits per heavy atom. The maximum Gasteiger partial charge on any atom is 0.658 e. The monoisotopic (exact) mass is 309 g/mol. The molecule has 1 radical (unpaired) electrons. The van der Waals surface area contributed by atoms with Crippen molar-refractivity contribution >= 4 is 7.69 Å². The number of rotatable bonds is 10. The van der Waals surface area contributed by atoms with Crippen molar-refractivity contribution < 1.29 is 18.8 Å². The van der Waals surface area contributed by atoms with Crippen molar-refractivity contribution in [3.63, 3.8) is 0 Å². The van der Waals surface area contributed by atoms with Crippen molar-refractivity contribution in [3.05, 3.63) is 73.8 Å². The number of hydrogen-bond donors (Lipinski definition) is 0. The molecule has 0 saturated carbocycles. The minimum absolute atomic E-state index is 0.474. The van der Waals surface area contributed by atoms with Crippen LogP contribution >= 0.6 is 0 Å². The summed E-state index contributed by atoms with van der Waals surface area (Å²) in [6, 6.07) is 14.5. The molecule has 0 saturated heterocycles. The Morgan fingerprint density at radius 2 is 1.00 bits per heavy atom. The molecule has 0 N–H and O–H groups in total. The summed E-state index contributed by atoms with van der Waals surface area (Å²) in [5.41, 5.74) is 0. The molecular weight excluding hydrogens is 291 g/mol. The highest BCUT2D eigenvalue weighted by Crippen LogP contribution is 2.19. The van der Waals surface area contributed by atoms with Gasteiger partial charge in [-0.15, -0.1) is 0 Å². The van der Waals surface area contributed by atoms with E-state index in [2.05, 4.69) is 13.2 Å². The van der Waals surface area contributed by atoms with Gasteiger partial charge in [0.15, 0.2) is 0 Å². The third-order valence-corrected chi connectivity index (χ3v) is 2.75. The van der Waals surface area contributed by atoms with Crippen molar-refractivity contribution in [1.29, 1.82) is 0 Å². The molecule has 2 rings (SSSR count). The van der Waals surface area contributed by atoms with E-state index in [-0.39, 0.29) is 0 Å². The molecule has 117 valence electrons. The quantitative estimate of drug-likeness (QED) is 0.494. The van der Waals surface area contributed by atoms with Crippen molar-refractivity contribution in [1.82, 2.24) is 0 Å². The van der Waals surface area contributed by atoms with E-state index in [0.29, 0.717) is 24.7 Å². The Labute approximate surface area is 137 Å². The second-order valence-electron chi connectivity index (χ2n) is 4.47. The van der Waals surface area contributed by atoms with Gasteiger partial charge in [-0.05, 0) is 48.5 Å². The van der Waals surface area contributed by atoms with Crippen LogP contribution in [0.15, 0.2) is 73.8 Å². The minimum Gasteiger partial charge on any atom is -0.526 e. The smallest absolute Gasteiger partial charge is 0.526 e. The molecule has 0 aromatic heterocycles.